The number of nitrogens with one attached hydrogen (secondary N) is 2. The Labute approximate surface area is 256 Å². The minimum atomic E-state index is -0.0705. The highest BCUT2D eigenvalue weighted by Gasteiger charge is 2.34. The van der Waals surface area contributed by atoms with Crippen LogP contribution in [0.2, 0.25) is 0 Å². The molecular formula is C34H49N3O6. The van der Waals surface area contributed by atoms with Crippen LogP contribution in [0.15, 0.2) is 42.5 Å². The molecule has 236 valence electrons. The number of carbonyl (C=O) groups excluding carboxylic acids is 1. The van der Waals surface area contributed by atoms with E-state index in [1.165, 1.54) is 5.56 Å². The van der Waals surface area contributed by atoms with E-state index in [4.69, 9.17) is 23.7 Å². The van der Waals surface area contributed by atoms with E-state index in [9.17, 15) is 4.79 Å². The molecule has 43 heavy (non-hydrogen) atoms. The summed E-state index contributed by atoms with van der Waals surface area (Å²) in [7, 11) is 3.44. The Morgan fingerprint density at radius 2 is 1.93 bits per heavy atom. The van der Waals surface area contributed by atoms with Crippen molar-refractivity contribution in [2.75, 3.05) is 65.2 Å². The molecule has 0 radical (unpaired) electrons. The van der Waals surface area contributed by atoms with Crippen molar-refractivity contribution in [3.05, 3.63) is 53.6 Å². The average molecular weight is 596 g/mol. The number of nitrogens with zero attached hydrogens (tertiary/aromatic N) is 1. The van der Waals surface area contributed by atoms with Gasteiger partial charge in [-0.05, 0) is 67.5 Å². The summed E-state index contributed by atoms with van der Waals surface area (Å²) in [6.45, 7) is 7.99. The number of carbonyl (C=O) groups is 1. The van der Waals surface area contributed by atoms with Gasteiger partial charge in [-0.1, -0.05) is 25.1 Å². The van der Waals surface area contributed by atoms with Crippen LogP contribution in [0, 0.1) is 5.92 Å². The van der Waals surface area contributed by atoms with Crippen LogP contribution < -0.4 is 25.0 Å². The summed E-state index contributed by atoms with van der Waals surface area (Å²) in [6.07, 6.45) is 4.45. The number of rotatable bonds is 13. The van der Waals surface area contributed by atoms with Crippen LogP contribution in [0.4, 0.5) is 5.69 Å². The van der Waals surface area contributed by atoms with Gasteiger partial charge in [-0.2, -0.15) is 0 Å². The molecule has 0 aliphatic carbocycles. The molecule has 3 aliphatic rings. The second kappa shape index (κ2) is 15.7. The molecule has 9 heteroatoms. The Hall–Kier alpha value is -2.85. The summed E-state index contributed by atoms with van der Waals surface area (Å²) in [5, 5.41) is 6.96. The molecule has 3 aliphatic heterocycles. The smallest absolute Gasteiger partial charge is 0.223 e. The Kier molecular flexibility index (Phi) is 11.6. The summed E-state index contributed by atoms with van der Waals surface area (Å²) >= 11 is 0. The van der Waals surface area contributed by atoms with E-state index in [0.29, 0.717) is 13.2 Å². The van der Waals surface area contributed by atoms with Crippen molar-refractivity contribution in [2.45, 2.75) is 69.7 Å². The monoisotopic (exact) mass is 595 g/mol. The fourth-order valence-corrected chi connectivity index (χ4v) is 6.49. The van der Waals surface area contributed by atoms with Gasteiger partial charge in [0.15, 0.2) is 0 Å². The number of methoxy groups -OCH3 is 2. The van der Waals surface area contributed by atoms with Gasteiger partial charge < -0.3 is 39.2 Å². The van der Waals surface area contributed by atoms with E-state index in [0.717, 1.165) is 94.3 Å². The van der Waals surface area contributed by atoms with Gasteiger partial charge in [0, 0.05) is 63.9 Å². The lowest BCUT2D eigenvalue weighted by atomic mass is 9.81. The molecule has 2 saturated heterocycles. The summed E-state index contributed by atoms with van der Waals surface area (Å²) in [5.74, 6) is 2.05. The number of hydrogen-bond acceptors (Lipinski definition) is 8. The van der Waals surface area contributed by atoms with E-state index in [-0.39, 0.29) is 35.9 Å². The quantitative estimate of drug-likeness (QED) is 0.332. The lowest BCUT2D eigenvalue weighted by Gasteiger charge is -2.38. The molecule has 9 nitrogen and oxygen atoms in total. The fourth-order valence-electron chi connectivity index (χ4n) is 6.49. The van der Waals surface area contributed by atoms with E-state index >= 15 is 0 Å². The molecule has 0 saturated carbocycles. The Balaban J connectivity index is 1.23. The summed E-state index contributed by atoms with van der Waals surface area (Å²) in [4.78, 5) is 15.4. The van der Waals surface area contributed by atoms with Crippen LogP contribution in [0.25, 0.3) is 0 Å². The maximum Gasteiger partial charge on any atom is 0.223 e. The lowest BCUT2D eigenvalue weighted by molar-refractivity contribution is -0.126. The molecule has 4 atom stereocenters. The van der Waals surface area contributed by atoms with Crippen molar-refractivity contribution in [2.24, 2.45) is 5.92 Å². The first-order chi connectivity index (χ1) is 21.0. The molecule has 2 N–H and O–H groups in total. The van der Waals surface area contributed by atoms with Crippen molar-refractivity contribution in [1.82, 2.24) is 10.6 Å². The maximum absolute atomic E-state index is 13.0. The summed E-state index contributed by atoms with van der Waals surface area (Å²) in [6, 6.07) is 15.2. The molecule has 0 bridgehead atoms. The van der Waals surface area contributed by atoms with E-state index in [2.05, 4.69) is 45.9 Å². The van der Waals surface area contributed by atoms with Gasteiger partial charge in [0.1, 0.15) is 18.1 Å². The first-order valence-electron chi connectivity index (χ1n) is 15.9. The zero-order chi connectivity index (χ0) is 30.0. The van der Waals surface area contributed by atoms with Crippen LogP contribution in [-0.4, -0.2) is 84.4 Å². The zero-order valence-corrected chi connectivity index (χ0v) is 26.0. The predicted octanol–water partition coefficient (Wildman–Crippen LogP) is 4.28. The van der Waals surface area contributed by atoms with Crippen LogP contribution >= 0.6 is 0 Å². The van der Waals surface area contributed by atoms with Crippen LogP contribution in [-0.2, 0) is 25.6 Å². The Bertz CT molecular complexity index is 1160. The minimum Gasteiger partial charge on any atom is -0.497 e. The van der Waals surface area contributed by atoms with Crippen LogP contribution in [0.1, 0.15) is 56.1 Å². The van der Waals surface area contributed by atoms with Crippen molar-refractivity contribution < 1.29 is 28.5 Å². The number of amides is 1. The van der Waals surface area contributed by atoms with Gasteiger partial charge in [-0.25, -0.2) is 0 Å². The summed E-state index contributed by atoms with van der Waals surface area (Å²) < 4.78 is 28.7. The van der Waals surface area contributed by atoms with E-state index < -0.39 is 0 Å². The zero-order valence-electron chi connectivity index (χ0n) is 26.0. The van der Waals surface area contributed by atoms with Gasteiger partial charge in [0.25, 0.3) is 0 Å². The second-order valence-electron chi connectivity index (χ2n) is 12.1. The minimum absolute atomic E-state index is 0.00102. The third kappa shape index (κ3) is 8.62. The first kappa shape index (κ1) is 31.6. The number of piperidine rings is 1. The third-order valence-electron chi connectivity index (χ3n) is 9.02. The van der Waals surface area contributed by atoms with Gasteiger partial charge >= 0.3 is 0 Å². The SMILES string of the molecule is COCCCN1CCOc2ccc(CO[C@H]3CN[C@@H](C[C@@H](C)C(=O)NC4CCOCC4)C[C@@H]3c3ccc(OC)cc3)cc21. The maximum atomic E-state index is 13.0. The number of anilines is 1. The van der Waals surface area contributed by atoms with Gasteiger partial charge in [0.2, 0.25) is 5.91 Å². The second-order valence-corrected chi connectivity index (χ2v) is 12.1. The van der Waals surface area contributed by atoms with Crippen LogP contribution in [0.5, 0.6) is 11.5 Å². The normalized spacial score (nSPS) is 23.2. The largest absolute Gasteiger partial charge is 0.497 e. The van der Waals surface area contributed by atoms with Crippen molar-refractivity contribution in [1.29, 1.82) is 0 Å². The van der Waals surface area contributed by atoms with E-state index in [1.54, 1.807) is 14.2 Å². The van der Waals surface area contributed by atoms with Gasteiger partial charge in [0.05, 0.1) is 32.1 Å². The van der Waals surface area contributed by atoms with Crippen LogP contribution in [0.3, 0.4) is 0 Å². The standard InChI is InChI=1S/C34H49N3O6/c1-24(34(38)36-27-11-16-41-17-12-27)19-28-21-30(26-6-8-29(40-3)9-7-26)33(22-35-28)43-23-25-5-10-32-31(20-25)37(14-18-42-32)13-4-15-39-2/h5-10,20,24,27-28,30,33,35H,4,11-19,21-23H2,1-3H3,(H,36,38)/t24-,28+,30-,33+/m1/s1. The van der Waals surface area contributed by atoms with E-state index in [1.807, 2.05) is 19.1 Å². The number of hydrogen-bond donors (Lipinski definition) is 2. The highest BCUT2D eigenvalue weighted by molar-refractivity contribution is 5.78. The Morgan fingerprint density at radius 1 is 1.12 bits per heavy atom. The molecule has 2 aromatic rings. The highest BCUT2D eigenvalue weighted by atomic mass is 16.5. The predicted molar refractivity (Wildman–Crippen MR) is 167 cm³/mol. The van der Waals surface area contributed by atoms with Crippen molar-refractivity contribution in [3.8, 4) is 11.5 Å². The lowest BCUT2D eigenvalue weighted by Crippen LogP contribution is -2.49. The molecule has 0 unspecified atom stereocenters. The number of ether oxygens (including phenoxy) is 5. The number of fused-ring (bicyclic) bond motifs is 1. The van der Waals surface area contributed by atoms with Crippen molar-refractivity contribution in [3.63, 3.8) is 0 Å². The molecule has 1 amide bonds. The summed E-state index contributed by atoms with van der Waals surface area (Å²) in [5.41, 5.74) is 3.50. The third-order valence-corrected chi connectivity index (χ3v) is 9.02. The Morgan fingerprint density at radius 3 is 2.70 bits per heavy atom. The molecular weight excluding hydrogens is 546 g/mol. The fraction of sp³-hybridized carbons (Fsp3) is 0.618. The number of benzene rings is 2. The molecule has 2 fully saturated rings. The highest BCUT2D eigenvalue weighted by Crippen LogP contribution is 2.35. The molecule has 0 spiro atoms. The van der Waals surface area contributed by atoms with Gasteiger partial charge in [-0.3, -0.25) is 4.79 Å². The topological polar surface area (TPSA) is 90.5 Å². The van der Waals surface area contributed by atoms with Gasteiger partial charge in [-0.15, -0.1) is 0 Å². The average Bonchev–Trinajstić information content (AvgIpc) is 3.04. The molecule has 5 rings (SSSR count). The first-order valence-corrected chi connectivity index (χ1v) is 15.9. The molecule has 2 aromatic carbocycles. The molecule has 0 aromatic heterocycles. The molecule has 3 heterocycles. The van der Waals surface area contributed by atoms with Crippen molar-refractivity contribution >= 4 is 11.6 Å².